The molecule has 0 saturated carbocycles. The highest BCUT2D eigenvalue weighted by atomic mass is 32.2. The first-order chi connectivity index (χ1) is 16.4. The molecule has 2 heterocycles. The lowest BCUT2D eigenvalue weighted by Crippen LogP contribution is -2.40. The largest absolute Gasteiger partial charge is 0.455 e. The Morgan fingerprint density at radius 1 is 1.09 bits per heavy atom. The summed E-state index contributed by atoms with van der Waals surface area (Å²) in [6, 6.07) is 11.0. The third-order valence-electron chi connectivity index (χ3n) is 6.40. The number of benzene rings is 2. The van der Waals surface area contributed by atoms with Gasteiger partial charge in [0.15, 0.2) is 6.61 Å². The summed E-state index contributed by atoms with van der Waals surface area (Å²) in [5, 5.41) is 3.82. The van der Waals surface area contributed by atoms with Gasteiger partial charge in [0.25, 0.3) is 5.89 Å². The number of nitrogens with zero attached hydrogens (tertiary/aromatic N) is 3. The number of hydrogen-bond donors (Lipinski definition) is 0. The van der Waals surface area contributed by atoms with Crippen LogP contribution in [0.2, 0.25) is 0 Å². The van der Waals surface area contributed by atoms with Crippen molar-refractivity contribution < 1.29 is 26.9 Å². The molecular formula is C24H24FN3O5S. The van der Waals surface area contributed by atoms with Crippen molar-refractivity contribution in [3.05, 3.63) is 65.3 Å². The van der Waals surface area contributed by atoms with Gasteiger partial charge in [-0.3, -0.25) is 4.79 Å². The molecule has 1 aromatic heterocycles. The van der Waals surface area contributed by atoms with Crippen molar-refractivity contribution in [1.82, 2.24) is 14.4 Å². The fourth-order valence-electron chi connectivity index (χ4n) is 4.47. The maximum Gasteiger partial charge on any atom is 0.309 e. The second-order valence-electron chi connectivity index (χ2n) is 8.59. The van der Waals surface area contributed by atoms with Crippen LogP contribution >= 0.6 is 0 Å². The summed E-state index contributed by atoms with van der Waals surface area (Å²) in [5.74, 6) is -0.782. The van der Waals surface area contributed by atoms with Crippen LogP contribution in [0.3, 0.4) is 0 Å². The lowest BCUT2D eigenvalue weighted by Gasteiger charge is -2.30. The van der Waals surface area contributed by atoms with Crippen LogP contribution in [0.5, 0.6) is 0 Å². The number of halogens is 1. The zero-order valence-corrected chi connectivity index (χ0v) is 19.3. The highest BCUT2D eigenvalue weighted by molar-refractivity contribution is 7.89. The Balaban J connectivity index is 1.14. The molecular weight excluding hydrogens is 461 g/mol. The van der Waals surface area contributed by atoms with Crippen molar-refractivity contribution in [2.24, 2.45) is 5.92 Å². The zero-order valence-electron chi connectivity index (χ0n) is 18.4. The topological polar surface area (TPSA) is 103 Å². The van der Waals surface area contributed by atoms with Gasteiger partial charge < -0.3 is 9.26 Å². The smallest absolute Gasteiger partial charge is 0.309 e. The Morgan fingerprint density at radius 2 is 1.82 bits per heavy atom. The normalized spacial score (nSPS) is 17.0. The van der Waals surface area contributed by atoms with Gasteiger partial charge in [-0.25, -0.2) is 12.8 Å². The number of carbonyl (C=O) groups is 1. The van der Waals surface area contributed by atoms with Gasteiger partial charge in [0, 0.05) is 18.7 Å². The molecule has 1 aliphatic carbocycles. The summed E-state index contributed by atoms with van der Waals surface area (Å²) in [7, 11) is -3.59. The van der Waals surface area contributed by atoms with E-state index in [1.54, 1.807) is 12.1 Å². The minimum atomic E-state index is -3.59. The van der Waals surface area contributed by atoms with Crippen LogP contribution in [0.4, 0.5) is 4.39 Å². The van der Waals surface area contributed by atoms with Gasteiger partial charge in [-0.05, 0) is 79.6 Å². The van der Waals surface area contributed by atoms with E-state index in [4.69, 9.17) is 9.26 Å². The van der Waals surface area contributed by atoms with Crippen molar-refractivity contribution in [3.63, 3.8) is 0 Å². The monoisotopic (exact) mass is 485 g/mol. The summed E-state index contributed by atoms with van der Waals surface area (Å²) >= 11 is 0. The molecule has 1 saturated heterocycles. The number of rotatable bonds is 6. The molecule has 5 rings (SSSR count). The van der Waals surface area contributed by atoms with Gasteiger partial charge in [0.1, 0.15) is 5.82 Å². The van der Waals surface area contributed by atoms with Crippen LogP contribution in [-0.4, -0.2) is 41.9 Å². The van der Waals surface area contributed by atoms with Crippen LogP contribution in [0.25, 0.3) is 11.4 Å². The van der Waals surface area contributed by atoms with Crippen molar-refractivity contribution in [3.8, 4) is 11.4 Å². The van der Waals surface area contributed by atoms with E-state index in [-0.39, 0.29) is 37.2 Å². The number of fused-ring (bicyclic) bond motifs is 1. The van der Waals surface area contributed by atoms with E-state index in [9.17, 15) is 17.6 Å². The summed E-state index contributed by atoms with van der Waals surface area (Å²) in [6.07, 6.45) is 3.74. The van der Waals surface area contributed by atoms with Crippen LogP contribution < -0.4 is 0 Å². The molecule has 1 aliphatic heterocycles. The Kier molecular flexibility index (Phi) is 6.18. The van der Waals surface area contributed by atoms with Gasteiger partial charge in [0.05, 0.1) is 10.8 Å². The minimum absolute atomic E-state index is 0.129. The van der Waals surface area contributed by atoms with Gasteiger partial charge in [0.2, 0.25) is 15.8 Å². The average Bonchev–Trinajstić information content (AvgIpc) is 3.52. The maximum absolute atomic E-state index is 13.1. The minimum Gasteiger partial charge on any atom is -0.455 e. The van der Waals surface area contributed by atoms with Crippen molar-refractivity contribution in [2.45, 2.75) is 43.6 Å². The molecule has 34 heavy (non-hydrogen) atoms. The Labute approximate surface area is 196 Å². The van der Waals surface area contributed by atoms with Gasteiger partial charge >= 0.3 is 5.97 Å². The van der Waals surface area contributed by atoms with E-state index in [0.29, 0.717) is 23.3 Å². The summed E-state index contributed by atoms with van der Waals surface area (Å²) < 4.78 is 51.1. The maximum atomic E-state index is 13.1. The number of sulfonamides is 1. The molecule has 8 nitrogen and oxygen atoms in total. The highest BCUT2D eigenvalue weighted by Crippen LogP contribution is 2.29. The van der Waals surface area contributed by atoms with Crippen molar-refractivity contribution in [1.29, 1.82) is 0 Å². The fourth-order valence-corrected chi connectivity index (χ4v) is 5.99. The molecule has 0 amide bonds. The highest BCUT2D eigenvalue weighted by Gasteiger charge is 2.33. The Bertz CT molecular complexity index is 1300. The number of ether oxygens (including phenoxy) is 1. The molecule has 0 unspecified atom stereocenters. The van der Waals surface area contributed by atoms with E-state index in [1.807, 2.05) is 6.07 Å². The van der Waals surface area contributed by atoms with Crippen molar-refractivity contribution in [2.75, 3.05) is 13.1 Å². The summed E-state index contributed by atoms with van der Waals surface area (Å²) in [5.41, 5.74) is 2.93. The third kappa shape index (κ3) is 4.60. The quantitative estimate of drug-likeness (QED) is 0.492. The van der Waals surface area contributed by atoms with E-state index in [1.165, 1.54) is 34.1 Å². The molecule has 1 fully saturated rings. The predicted octanol–water partition coefficient (Wildman–Crippen LogP) is 3.51. The van der Waals surface area contributed by atoms with Crippen LogP contribution in [-0.2, 0) is 39.0 Å². The Morgan fingerprint density at radius 3 is 2.59 bits per heavy atom. The van der Waals surface area contributed by atoms with Gasteiger partial charge in [-0.1, -0.05) is 11.2 Å². The molecule has 178 valence electrons. The standard InChI is InChI=1S/C24H24FN3O5S/c25-20-7-4-17(5-8-20)23-26-22(33-27-23)15-32-24(29)18-10-12-28(13-11-18)34(30,31)21-9-6-16-2-1-3-19(16)14-21/h4-9,14,18H,1-3,10-13,15H2. The second kappa shape index (κ2) is 9.27. The first kappa shape index (κ1) is 22.7. The van der Waals surface area contributed by atoms with E-state index in [0.717, 1.165) is 24.8 Å². The number of piperidine rings is 1. The summed E-state index contributed by atoms with van der Waals surface area (Å²) in [6.45, 7) is 0.337. The van der Waals surface area contributed by atoms with Gasteiger partial charge in [-0.15, -0.1) is 0 Å². The zero-order chi connectivity index (χ0) is 23.7. The number of carbonyl (C=O) groups excluding carboxylic acids is 1. The molecule has 10 heteroatoms. The molecule has 0 bridgehead atoms. The van der Waals surface area contributed by atoms with Crippen LogP contribution in [0, 0.1) is 11.7 Å². The number of esters is 1. The van der Waals surface area contributed by atoms with Gasteiger partial charge in [-0.2, -0.15) is 9.29 Å². The van der Waals surface area contributed by atoms with Crippen molar-refractivity contribution >= 4 is 16.0 Å². The molecule has 0 N–H and O–H groups in total. The lowest BCUT2D eigenvalue weighted by molar-refractivity contribution is -0.152. The molecule has 2 aliphatic rings. The van der Waals surface area contributed by atoms with E-state index < -0.39 is 21.9 Å². The van der Waals surface area contributed by atoms with E-state index in [2.05, 4.69) is 10.1 Å². The third-order valence-corrected chi connectivity index (χ3v) is 8.30. The predicted molar refractivity (Wildman–Crippen MR) is 119 cm³/mol. The molecule has 0 radical (unpaired) electrons. The number of hydrogen-bond acceptors (Lipinski definition) is 7. The average molecular weight is 486 g/mol. The number of aromatic nitrogens is 2. The second-order valence-corrected chi connectivity index (χ2v) is 10.5. The van der Waals surface area contributed by atoms with Crippen LogP contribution in [0.1, 0.15) is 36.3 Å². The fraction of sp³-hybridized carbons (Fsp3) is 0.375. The molecule has 2 aromatic carbocycles. The SMILES string of the molecule is O=C(OCc1nc(-c2ccc(F)cc2)no1)C1CCN(S(=O)(=O)c2ccc3c(c2)CCC3)CC1. The molecule has 0 atom stereocenters. The first-order valence-corrected chi connectivity index (χ1v) is 12.7. The molecule has 3 aromatic rings. The van der Waals surface area contributed by atoms with E-state index >= 15 is 0 Å². The van der Waals surface area contributed by atoms with Crippen LogP contribution in [0.15, 0.2) is 51.9 Å². The Hall–Kier alpha value is -3.11. The first-order valence-electron chi connectivity index (χ1n) is 11.3. The number of aryl methyl sites for hydroxylation is 2. The summed E-state index contributed by atoms with van der Waals surface area (Å²) in [4.78, 5) is 17.0. The lowest BCUT2D eigenvalue weighted by atomic mass is 9.98. The molecule has 0 spiro atoms.